The molecular weight excluding hydrogens is 264 g/mol. The quantitative estimate of drug-likeness (QED) is 0.863. The molecule has 0 aliphatic carbocycles. The molecular formula is C16H20N4O. The zero-order valence-electron chi connectivity index (χ0n) is 12.5. The Balaban J connectivity index is 1.70. The Labute approximate surface area is 125 Å². The first kappa shape index (κ1) is 14.1. The summed E-state index contributed by atoms with van der Waals surface area (Å²) in [5.41, 5.74) is 3.52. The van der Waals surface area contributed by atoms with Crippen molar-refractivity contribution in [2.45, 2.75) is 26.5 Å². The molecule has 21 heavy (non-hydrogen) atoms. The summed E-state index contributed by atoms with van der Waals surface area (Å²) < 4.78 is 5.84. The van der Waals surface area contributed by atoms with Crippen LogP contribution in [0.25, 0.3) is 0 Å². The van der Waals surface area contributed by atoms with Crippen molar-refractivity contribution in [2.75, 3.05) is 19.7 Å². The number of pyridine rings is 1. The van der Waals surface area contributed by atoms with Gasteiger partial charge in [0.15, 0.2) is 5.82 Å². The predicted octanol–water partition coefficient (Wildman–Crippen LogP) is 2.06. The summed E-state index contributed by atoms with van der Waals surface area (Å²) in [4.78, 5) is 15.4. The first-order valence-electron chi connectivity index (χ1n) is 7.25. The van der Waals surface area contributed by atoms with Gasteiger partial charge in [0.05, 0.1) is 6.61 Å². The van der Waals surface area contributed by atoms with E-state index in [1.807, 2.05) is 25.4 Å². The van der Waals surface area contributed by atoms with Gasteiger partial charge in [-0.05, 0) is 37.1 Å². The van der Waals surface area contributed by atoms with Crippen molar-refractivity contribution >= 4 is 0 Å². The van der Waals surface area contributed by atoms with Crippen LogP contribution in [0, 0.1) is 13.8 Å². The molecule has 0 radical (unpaired) electrons. The van der Waals surface area contributed by atoms with Crippen LogP contribution in [0.1, 0.15) is 28.7 Å². The Morgan fingerprint density at radius 2 is 2.19 bits per heavy atom. The van der Waals surface area contributed by atoms with Gasteiger partial charge >= 0.3 is 0 Å². The van der Waals surface area contributed by atoms with Gasteiger partial charge in [0.25, 0.3) is 0 Å². The van der Waals surface area contributed by atoms with Crippen LogP contribution in [0.15, 0.2) is 30.7 Å². The lowest BCUT2D eigenvalue weighted by atomic mass is 10.1. The second-order valence-electron chi connectivity index (χ2n) is 5.45. The van der Waals surface area contributed by atoms with Crippen LogP contribution in [0.2, 0.25) is 0 Å². The molecule has 2 aromatic heterocycles. The minimum absolute atomic E-state index is 0.0409. The molecule has 2 aromatic rings. The Kier molecular flexibility index (Phi) is 4.22. The number of morpholine rings is 1. The van der Waals surface area contributed by atoms with E-state index in [-0.39, 0.29) is 6.10 Å². The lowest BCUT2D eigenvalue weighted by molar-refractivity contribution is -0.0373. The van der Waals surface area contributed by atoms with Crippen LogP contribution >= 0.6 is 0 Å². The van der Waals surface area contributed by atoms with Crippen LogP contribution in [0.3, 0.4) is 0 Å². The van der Waals surface area contributed by atoms with E-state index in [0.29, 0.717) is 6.61 Å². The van der Waals surface area contributed by atoms with Crippen molar-refractivity contribution in [3.05, 3.63) is 53.4 Å². The number of aryl methyl sites for hydroxylation is 2. The second kappa shape index (κ2) is 6.28. The highest BCUT2D eigenvalue weighted by molar-refractivity contribution is 5.21. The Morgan fingerprint density at radius 3 is 3.00 bits per heavy atom. The van der Waals surface area contributed by atoms with Gasteiger partial charge in [-0.3, -0.25) is 9.88 Å². The standard InChI is InChI=1S/C16H20N4O/c1-12-9-17-5-4-14(12)10-20-7-8-21-15(11-20)16-18-6-3-13(2)19-16/h3-6,9,15H,7-8,10-11H2,1-2H3/t15-/m0/s1. The second-order valence-corrected chi connectivity index (χ2v) is 5.45. The summed E-state index contributed by atoms with van der Waals surface area (Å²) in [5.74, 6) is 0.783. The van der Waals surface area contributed by atoms with E-state index in [9.17, 15) is 0 Å². The summed E-state index contributed by atoms with van der Waals surface area (Å²) in [7, 11) is 0. The highest BCUT2D eigenvalue weighted by Crippen LogP contribution is 2.21. The number of aromatic nitrogens is 3. The van der Waals surface area contributed by atoms with Gasteiger partial charge in [0.2, 0.25) is 0 Å². The van der Waals surface area contributed by atoms with Gasteiger partial charge in [-0.15, -0.1) is 0 Å². The average Bonchev–Trinajstić information content (AvgIpc) is 2.50. The number of hydrogen-bond acceptors (Lipinski definition) is 5. The molecule has 3 heterocycles. The largest absolute Gasteiger partial charge is 0.368 e. The van der Waals surface area contributed by atoms with Crippen molar-refractivity contribution < 1.29 is 4.74 Å². The van der Waals surface area contributed by atoms with Crippen LogP contribution in [-0.2, 0) is 11.3 Å². The SMILES string of the molecule is Cc1ccnc([C@@H]2CN(Cc3ccncc3C)CCO2)n1. The average molecular weight is 284 g/mol. The number of hydrogen-bond donors (Lipinski definition) is 0. The summed E-state index contributed by atoms with van der Waals surface area (Å²) in [6.07, 6.45) is 5.52. The molecule has 110 valence electrons. The lowest BCUT2D eigenvalue weighted by Crippen LogP contribution is -2.38. The molecule has 0 unspecified atom stereocenters. The summed E-state index contributed by atoms with van der Waals surface area (Å²) in [5, 5.41) is 0. The van der Waals surface area contributed by atoms with Crippen LogP contribution in [0.5, 0.6) is 0 Å². The molecule has 1 fully saturated rings. The van der Waals surface area contributed by atoms with E-state index in [1.165, 1.54) is 11.1 Å². The molecule has 0 spiro atoms. The zero-order valence-corrected chi connectivity index (χ0v) is 12.5. The van der Waals surface area contributed by atoms with Crippen molar-refractivity contribution in [1.82, 2.24) is 19.9 Å². The molecule has 0 N–H and O–H groups in total. The topological polar surface area (TPSA) is 51.1 Å². The smallest absolute Gasteiger partial charge is 0.158 e. The Hall–Kier alpha value is -1.85. The minimum atomic E-state index is -0.0409. The molecule has 5 nitrogen and oxygen atoms in total. The van der Waals surface area contributed by atoms with E-state index in [4.69, 9.17) is 4.74 Å². The molecule has 1 aliphatic rings. The van der Waals surface area contributed by atoms with Crippen molar-refractivity contribution in [1.29, 1.82) is 0 Å². The van der Waals surface area contributed by atoms with Gasteiger partial charge in [0, 0.05) is 43.9 Å². The maximum atomic E-state index is 5.84. The highest BCUT2D eigenvalue weighted by atomic mass is 16.5. The molecule has 5 heteroatoms. The van der Waals surface area contributed by atoms with E-state index < -0.39 is 0 Å². The monoisotopic (exact) mass is 284 g/mol. The molecule has 1 saturated heterocycles. The van der Waals surface area contributed by atoms with Gasteiger partial charge in [-0.2, -0.15) is 0 Å². The lowest BCUT2D eigenvalue weighted by Gasteiger charge is -2.32. The summed E-state index contributed by atoms with van der Waals surface area (Å²) in [6, 6.07) is 3.99. The highest BCUT2D eigenvalue weighted by Gasteiger charge is 2.24. The Bertz CT molecular complexity index is 617. The van der Waals surface area contributed by atoms with E-state index in [0.717, 1.165) is 31.2 Å². The fourth-order valence-corrected chi connectivity index (χ4v) is 2.55. The minimum Gasteiger partial charge on any atom is -0.368 e. The predicted molar refractivity (Wildman–Crippen MR) is 79.7 cm³/mol. The normalized spacial score (nSPS) is 19.6. The van der Waals surface area contributed by atoms with Gasteiger partial charge in [-0.25, -0.2) is 9.97 Å². The molecule has 3 rings (SSSR count). The fourth-order valence-electron chi connectivity index (χ4n) is 2.55. The molecule has 0 saturated carbocycles. The number of nitrogens with zero attached hydrogens (tertiary/aromatic N) is 4. The Morgan fingerprint density at radius 1 is 1.29 bits per heavy atom. The van der Waals surface area contributed by atoms with E-state index in [1.54, 1.807) is 6.20 Å². The third-order valence-electron chi connectivity index (χ3n) is 3.78. The summed E-state index contributed by atoms with van der Waals surface area (Å²) >= 11 is 0. The first-order chi connectivity index (χ1) is 10.2. The fraction of sp³-hybridized carbons (Fsp3) is 0.438. The van der Waals surface area contributed by atoms with Gasteiger partial charge in [0.1, 0.15) is 6.10 Å². The van der Waals surface area contributed by atoms with E-state index in [2.05, 4.69) is 32.8 Å². The van der Waals surface area contributed by atoms with Crippen molar-refractivity contribution in [3.8, 4) is 0 Å². The van der Waals surface area contributed by atoms with Crippen LogP contribution in [-0.4, -0.2) is 39.5 Å². The van der Waals surface area contributed by atoms with Crippen molar-refractivity contribution in [3.63, 3.8) is 0 Å². The van der Waals surface area contributed by atoms with Gasteiger partial charge in [-0.1, -0.05) is 0 Å². The summed E-state index contributed by atoms with van der Waals surface area (Å²) in [6.45, 7) is 7.47. The third-order valence-corrected chi connectivity index (χ3v) is 3.78. The van der Waals surface area contributed by atoms with Gasteiger partial charge < -0.3 is 4.74 Å². The van der Waals surface area contributed by atoms with Crippen LogP contribution < -0.4 is 0 Å². The number of rotatable bonds is 3. The zero-order chi connectivity index (χ0) is 14.7. The molecule has 1 atom stereocenters. The maximum absolute atomic E-state index is 5.84. The number of ether oxygens (including phenoxy) is 1. The molecule has 0 amide bonds. The third kappa shape index (κ3) is 3.43. The maximum Gasteiger partial charge on any atom is 0.158 e. The van der Waals surface area contributed by atoms with Crippen LogP contribution in [0.4, 0.5) is 0 Å². The molecule has 0 bridgehead atoms. The molecule has 0 aromatic carbocycles. The van der Waals surface area contributed by atoms with Crippen molar-refractivity contribution in [2.24, 2.45) is 0 Å². The van der Waals surface area contributed by atoms with E-state index >= 15 is 0 Å². The molecule has 1 aliphatic heterocycles. The first-order valence-corrected chi connectivity index (χ1v) is 7.25.